The molecular weight excluding hydrogens is 733 g/mol. The molecule has 0 saturated heterocycles. The summed E-state index contributed by atoms with van der Waals surface area (Å²) < 4.78 is 9.19. The van der Waals surface area contributed by atoms with Gasteiger partial charge in [-0.05, 0) is 49.8 Å². The van der Waals surface area contributed by atoms with Gasteiger partial charge in [-0.15, -0.1) is 0 Å². The zero-order valence-electron chi connectivity index (χ0n) is 32.2. The maximum atomic E-state index is 6.89. The smallest absolute Gasteiger partial charge is 0.238 e. The van der Waals surface area contributed by atoms with Crippen LogP contribution in [-0.4, -0.2) is 19.5 Å². The van der Waals surface area contributed by atoms with Crippen LogP contribution in [0.1, 0.15) is 0 Å². The van der Waals surface area contributed by atoms with E-state index in [4.69, 9.17) is 19.4 Å². The minimum Gasteiger partial charge on any atom is -0.455 e. The van der Waals surface area contributed by atoms with Gasteiger partial charge < -0.3 is 4.42 Å². The lowest BCUT2D eigenvalue weighted by Crippen LogP contribution is -2.07. The van der Waals surface area contributed by atoms with Crippen molar-refractivity contribution in [2.45, 2.75) is 0 Å². The molecule has 13 rings (SSSR count). The van der Waals surface area contributed by atoms with E-state index in [0.717, 1.165) is 82.2 Å². The normalized spacial score (nSPS) is 12.0. The molecule has 60 heavy (non-hydrogen) atoms. The Morgan fingerprint density at radius 2 is 0.950 bits per heavy atom. The van der Waals surface area contributed by atoms with E-state index < -0.39 is 0 Å². The quantitative estimate of drug-likeness (QED) is 0.167. The first kappa shape index (κ1) is 32.9. The van der Waals surface area contributed by atoms with Crippen LogP contribution >= 0.6 is 0 Å². The van der Waals surface area contributed by atoms with Gasteiger partial charge in [0.05, 0.1) is 11.0 Å². The summed E-state index contributed by atoms with van der Waals surface area (Å²) in [4.78, 5) is 16.0. The van der Waals surface area contributed by atoms with Gasteiger partial charge in [-0.3, -0.25) is 4.57 Å². The summed E-state index contributed by atoms with van der Waals surface area (Å²) in [6.45, 7) is 0. The first-order valence-electron chi connectivity index (χ1n) is 20.3. The summed E-state index contributed by atoms with van der Waals surface area (Å²) in [6.07, 6.45) is 0. The van der Waals surface area contributed by atoms with E-state index in [1.165, 1.54) is 26.9 Å². The second kappa shape index (κ2) is 12.7. The predicted molar refractivity (Wildman–Crippen MR) is 248 cm³/mol. The van der Waals surface area contributed by atoms with E-state index in [1.807, 2.05) is 18.2 Å². The fraction of sp³-hybridized carbons (Fsp3) is 0. The van der Waals surface area contributed by atoms with E-state index in [0.29, 0.717) is 17.6 Å². The highest BCUT2D eigenvalue weighted by Crippen LogP contribution is 2.47. The summed E-state index contributed by atoms with van der Waals surface area (Å²) in [5.74, 6) is 1.75. The van der Waals surface area contributed by atoms with Crippen molar-refractivity contribution in [1.82, 2.24) is 19.5 Å². The average molecular weight is 765 g/mol. The monoisotopic (exact) mass is 764 g/mol. The van der Waals surface area contributed by atoms with Crippen molar-refractivity contribution < 1.29 is 4.42 Å². The molecule has 0 N–H and O–H groups in total. The third kappa shape index (κ3) is 4.77. The van der Waals surface area contributed by atoms with Crippen LogP contribution in [-0.2, 0) is 0 Å². The number of fused-ring (bicyclic) bond motifs is 14. The van der Waals surface area contributed by atoms with E-state index in [9.17, 15) is 0 Å². The Morgan fingerprint density at radius 3 is 1.77 bits per heavy atom. The highest BCUT2D eigenvalue weighted by Gasteiger charge is 2.25. The Balaban J connectivity index is 1.21. The topological polar surface area (TPSA) is 56.7 Å². The van der Waals surface area contributed by atoms with Crippen LogP contribution in [0.15, 0.2) is 199 Å². The van der Waals surface area contributed by atoms with E-state index in [-0.39, 0.29) is 0 Å². The van der Waals surface area contributed by atoms with Gasteiger partial charge >= 0.3 is 0 Å². The first-order valence-corrected chi connectivity index (χ1v) is 20.3. The standard InChI is InChI=1S/C55H32N4O/c1-2-16-35(17-3-1)53-56-54(37-29-28-33-14-4-5-18-36(33)32-37)58-55(57-53)59-50-43(44-25-13-27-46-48-38-19-7-6-15-34(38)30-31-47(48)60-52(44)46)24-12-26-45(50)49-41-22-10-8-20-39(41)40-21-9-11-23-42(40)51(49)59/h1-32H. The molecule has 0 bridgehead atoms. The third-order valence-corrected chi connectivity index (χ3v) is 12.2. The maximum absolute atomic E-state index is 6.89. The fourth-order valence-corrected chi connectivity index (χ4v) is 9.56. The van der Waals surface area contributed by atoms with Crippen molar-refractivity contribution in [3.8, 4) is 39.9 Å². The second-order valence-corrected chi connectivity index (χ2v) is 15.5. The zero-order chi connectivity index (χ0) is 39.3. The lowest BCUT2D eigenvalue weighted by molar-refractivity contribution is 0.670. The molecule has 0 aliphatic rings. The Morgan fingerprint density at radius 1 is 0.350 bits per heavy atom. The zero-order valence-corrected chi connectivity index (χ0v) is 32.2. The minimum absolute atomic E-state index is 0.544. The van der Waals surface area contributed by atoms with Crippen LogP contribution in [0.3, 0.4) is 0 Å². The van der Waals surface area contributed by atoms with Crippen molar-refractivity contribution in [3.63, 3.8) is 0 Å². The summed E-state index contributed by atoms with van der Waals surface area (Å²) in [5, 5.41) is 13.8. The minimum atomic E-state index is 0.544. The molecular formula is C55H32N4O. The van der Waals surface area contributed by atoms with Crippen LogP contribution in [0.2, 0.25) is 0 Å². The molecule has 10 aromatic carbocycles. The SMILES string of the molecule is c1ccc(-c2nc(-c3ccc4ccccc4c3)nc(-n3c4c(-c5cccc6c5oc5ccc7ccccc7c56)cccc4c4c5ccccc5c5ccccc5c43)n2)cc1. The summed E-state index contributed by atoms with van der Waals surface area (Å²) in [5.41, 5.74) is 7.63. The predicted octanol–water partition coefficient (Wildman–Crippen LogP) is 14.5. The van der Waals surface area contributed by atoms with Gasteiger partial charge in [0.2, 0.25) is 5.95 Å². The number of nitrogens with zero attached hydrogens (tertiary/aromatic N) is 4. The van der Waals surface area contributed by atoms with Gasteiger partial charge in [0, 0.05) is 49.2 Å². The van der Waals surface area contributed by atoms with Crippen LogP contribution < -0.4 is 0 Å². The van der Waals surface area contributed by atoms with Gasteiger partial charge in [0.1, 0.15) is 11.2 Å². The van der Waals surface area contributed by atoms with Crippen molar-refractivity contribution >= 4 is 86.8 Å². The number of hydrogen-bond acceptors (Lipinski definition) is 4. The molecule has 0 radical (unpaired) electrons. The molecule has 278 valence electrons. The van der Waals surface area contributed by atoms with Crippen molar-refractivity contribution in [2.24, 2.45) is 0 Å². The first-order chi connectivity index (χ1) is 29.8. The second-order valence-electron chi connectivity index (χ2n) is 15.5. The molecule has 5 heteroatoms. The molecule has 0 atom stereocenters. The van der Waals surface area contributed by atoms with Crippen LogP contribution in [0.5, 0.6) is 0 Å². The Hall–Kier alpha value is -8.15. The Bertz CT molecular complexity index is 3900. The number of para-hydroxylation sites is 2. The van der Waals surface area contributed by atoms with E-state index in [1.54, 1.807) is 0 Å². The summed E-state index contributed by atoms with van der Waals surface area (Å²) in [6, 6.07) is 68.4. The van der Waals surface area contributed by atoms with Gasteiger partial charge in [0.25, 0.3) is 0 Å². The lowest BCUT2D eigenvalue weighted by Gasteiger charge is -2.14. The van der Waals surface area contributed by atoms with Crippen LogP contribution in [0.4, 0.5) is 0 Å². The van der Waals surface area contributed by atoms with Crippen LogP contribution in [0.25, 0.3) is 127 Å². The summed E-state index contributed by atoms with van der Waals surface area (Å²) in [7, 11) is 0. The molecule has 5 nitrogen and oxygen atoms in total. The van der Waals surface area contributed by atoms with Crippen LogP contribution in [0, 0.1) is 0 Å². The fourth-order valence-electron chi connectivity index (χ4n) is 9.56. The highest BCUT2D eigenvalue weighted by atomic mass is 16.3. The lowest BCUT2D eigenvalue weighted by atomic mass is 9.95. The Kier molecular flexibility index (Phi) is 6.95. The van der Waals surface area contributed by atoms with E-state index in [2.05, 4.69) is 180 Å². The molecule has 3 aromatic heterocycles. The van der Waals surface area contributed by atoms with Gasteiger partial charge in [-0.25, -0.2) is 4.98 Å². The number of furan rings is 1. The molecule has 0 fully saturated rings. The van der Waals surface area contributed by atoms with E-state index >= 15 is 0 Å². The average Bonchev–Trinajstić information content (AvgIpc) is 3.89. The molecule has 0 saturated carbocycles. The van der Waals surface area contributed by atoms with Gasteiger partial charge in [0.15, 0.2) is 11.6 Å². The largest absolute Gasteiger partial charge is 0.455 e. The number of benzene rings is 10. The van der Waals surface area contributed by atoms with Gasteiger partial charge in [-0.1, -0.05) is 182 Å². The third-order valence-electron chi connectivity index (χ3n) is 12.2. The molecule has 13 aromatic rings. The summed E-state index contributed by atoms with van der Waals surface area (Å²) >= 11 is 0. The highest BCUT2D eigenvalue weighted by molar-refractivity contribution is 6.33. The molecule has 0 aliphatic heterocycles. The number of aromatic nitrogens is 4. The van der Waals surface area contributed by atoms with Crippen molar-refractivity contribution in [2.75, 3.05) is 0 Å². The molecule has 0 spiro atoms. The molecule has 0 amide bonds. The Labute approximate surface area is 343 Å². The molecule has 3 heterocycles. The number of rotatable bonds is 4. The maximum Gasteiger partial charge on any atom is 0.238 e. The van der Waals surface area contributed by atoms with Crippen molar-refractivity contribution in [3.05, 3.63) is 194 Å². The van der Waals surface area contributed by atoms with Crippen molar-refractivity contribution in [1.29, 1.82) is 0 Å². The van der Waals surface area contributed by atoms with Gasteiger partial charge in [-0.2, -0.15) is 9.97 Å². The molecule has 0 aliphatic carbocycles. The molecule has 0 unspecified atom stereocenters. The number of hydrogen-bond donors (Lipinski definition) is 0.